The Balaban J connectivity index is 2.41. The lowest BCUT2D eigenvalue weighted by Gasteiger charge is -2.06. The van der Waals surface area contributed by atoms with Crippen LogP contribution in [0.5, 0.6) is 0 Å². The molecule has 0 radical (unpaired) electrons. The Labute approximate surface area is 99.4 Å². The number of hydrogen-bond donors (Lipinski definition) is 1. The fraction of sp³-hybridized carbons (Fsp3) is 0.364. The van der Waals surface area contributed by atoms with Gasteiger partial charge >= 0.3 is 0 Å². The fourth-order valence-electron chi connectivity index (χ4n) is 1.16. The normalized spacial score (nSPS) is 9.87. The van der Waals surface area contributed by atoms with E-state index in [1.54, 1.807) is 11.8 Å². The minimum absolute atomic E-state index is 0.624. The Morgan fingerprint density at radius 3 is 2.87 bits per heavy atom. The lowest BCUT2D eigenvalue weighted by molar-refractivity contribution is 0.830. The number of thioether (sulfide) groups is 1. The zero-order valence-corrected chi connectivity index (χ0v) is 9.94. The number of nitrogens with zero attached hydrogens (tertiary/aromatic N) is 1. The van der Waals surface area contributed by atoms with Gasteiger partial charge in [0.2, 0.25) is 0 Å². The van der Waals surface area contributed by atoms with Crippen LogP contribution in [0.15, 0.2) is 23.1 Å². The molecule has 0 aliphatic heterocycles. The van der Waals surface area contributed by atoms with E-state index in [0.29, 0.717) is 11.4 Å². The number of nitriles is 1. The number of unbranched alkanes of at least 4 members (excludes halogenated alkanes) is 2. The van der Waals surface area contributed by atoms with E-state index >= 15 is 0 Å². The number of nitrogen functional groups attached to an aromatic ring is 1. The van der Waals surface area contributed by atoms with Crippen molar-refractivity contribution in [3.63, 3.8) is 0 Å². The van der Waals surface area contributed by atoms with Gasteiger partial charge in [0.25, 0.3) is 0 Å². The highest BCUT2D eigenvalue weighted by Gasteiger charge is 2.04. The van der Waals surface area contributed by atoms with Crippen molar-refractivity contribution in [1.29, 1.82) is 5.26 Å². The third-order valence-electron chi connectivity index (χ3n) is 1.93. The molecule has 1 aromatic rings. The number of nitrogens with two attached hydrogens (primary N) is 1. The molecule has 0 aliphatic carbocycles. The first kappa shape index (κ1) is 12.2. The Morgan fingerprint density at radius 1 is 1.40 bits per heavy atom. The molecule has 0 saturated heterocycles. The summed E-state index contributed by atoms with van der Waals surface area (Å²) in [4.78, 5) is 0.955. The second kappa shape index (κ2) is 6.60. The summed E-state index contributed by atoms with van der Waals surface area (Å²) in [6.45, 7) is 0. The van der Waals surface area contributed by atoms with Gasteiger partial charge in [0.05, 0.1) is 11.1 Å². The summed E-state index contributed by atoms with van der Waals surface area (Å²) in [6, 6.07) is 7.67. The Morgan fingerprint density at radius 2 is 2.20 bits per heavy atom. The molecule has 80 valence electrons. The quantitative estimate of drug-likeness (QED) is 0.485. The molecular formula is C11H13ClN2S. The van der Waals surface area contributed by atoms with Crippen molar-refractivity contribution < 1.29 is 0 Å². The first-order valence-electron chi connectivity index (χ1n) is 4.79. The molecule has 1 rings (SSSR count). The van der Waals surface area contributed by atoms with Gasteiger partial charge in [-0.2, -0.15) is 5.26 Å². The van der Waals surface area contributed by atoms with E-state index < -0.39 is 0 Å². The van der Waals surface area contributed by atoms with Gasteiger partial charge < -0.3 is 5.73 Å². The first-order valence-corrected chi connectivity index (χ1v) is 6.16. The number of benzene rings is 1. The van der Waals surface area contributed by atoms with Gasteiger partial charge in [-0.15, -0.1) is 11.8 Å². The molecule has 0 aromatic heterocycles. The smallest absolute Gasteiger partial charge is 0.0621 e. The van der Waals surface area contributed by atoms with Crippen LogP contribution in [0, 0.1) is 11.3 Å². The average Bonchev–Trinajstić information content (AvgIpc) is 2.21. The van der Waals surface area contributed by atoms with E-state index in [2.05, 4.69) is 6.07 Å². The van der Waals surface area contributed by atoms with Crippen LogP contribution >= 0.6 is 23.4 Å². The van der Waals surface area contributed by atoms with Gasteiger partial charge in [0.1, 0.15) is 0 Å². The monoisotopic (exact) mass is 240 g/mol. The maximum Gasteiger partial charge on any atom is 0.0621 e. The zero-order valence-electron chi connectivity index (χ0n) is 8.37. The van der Waals surface area contributed by atoms with Gasteiger partial charge in [-0.1, -0.05) is 17.7 Å². The van der Waals surface area contributed by atoms with Crippen molar-refractivity contribution in [3.8, 4) is 6.07 Å². The number of anilines is 1. The van der Waals surface area contributed by atoms with Crippen LogP contribution in [0.3, 0.4) is 0 Å². The van der Waals surface area contributed by atoms with Gasteiger partial charge in [-0.25, -0.2) is 0 Å². The van der Waals surface area contributed by atoms with Crippen molar-refractivity contribution in [1.82, 2.24) is 0 Å². The molecule has 0 amide bonds. The molecule has 0 unspecified atom stereocenters. The molecule has 0 aliphatic rings. The maximum atomic E-state index is 8.37. The average molecular weight is 241 g/mol. The summed E-state index contributed by atoms with van der Waals surface area (Å²) in [5.74, 6) is 0.954. The highest BCUT2D eigenvalue weighted by Crippen LogP contribution is 2.32. The maximum absolute atomic E-state index is 8.37. The third kappa shape index (κ3) is 4.03. The minimum Gasteiger partial charge on any atom is -0.398 e. The molecule has 2 nitrogen and oxygen atoms in total. The van der Waals surface area contributed by atoms with Crippen molar-refractivity contribution in [2.24, 2.45) is 0 Å². The molecular weight excluding hydrogens is 228 g/mol. The van der Waals surface area contributed by atoms with E-state index in [0.717, 1.165) is 29.2 Å². The summed E-state index contributed by atoms with van der Waals surface area (Å²) >= 11 is 7.67. The molecule has 0 bridgehead atoms. The van der Waals surface area contributed by atoms with Crippen molar-refractivity contribution in [3.05, 3.63) is 23.2 Å². The molecule has 0 heterocycles. The second-order valence-electron chi connectivity index (χ2n) is 3.12. The summed E-state index contributed by atoms with van der Waals surface area (Å²) in [6.07, 6.45) is 2.58. The highest BCUT2D eigenvalue weighted by molar-refractivity contribution is 7.99. The van der Waals surface area contributed by atoms with Gasteiger partial charge in [-0.05, 0) is 30.7 Å². The standard InChI is InChI=1S/C11H13ClN2S/c12-9-5-4-6-10(14)11(9)15-8-3-1-2-7-13/h4-6H,1-3,8,14H2. The van der Waals surface area contributed by atoms with E-state index in [1.807, 2.05) is 18.2 Å². The van der Waals surface area contributed by atoms with Crippen LogP contribution < -0.4 is 5.73 Å². The van der Waals surface area contributed by atoms with E-state index in [-0.39, 0.29) is 0 Å². The predicted molar refractivity (Wildman–Crippen MR) is 66.1 cm³/mol. The van der Waals surface area contributed by atoms with E-state index in [1.165, 1.54) is 0 Å². The molecule has 1 aromatic carbocycles. The summed E-state index contributed by atoms with van der Waals surface area (Å²) < 4.78 is 0. The lowest BCUT2D eigenvalue weighted by atomic mass is 10.3. The van der Waals surface area contributed by atoms with Crippen LogP contribution in [-0.4, -0.2) is 5.75 Å². The van der Waals surface area contributed by atoms with Gasteiger partial charge in [0, 0.05) is 17.0 Å². The Kier molecular flexibility index (Phi) is 5.38. The Hall–Kier alpha value is -0.850. The molecule has 0 saturated carbocycles. The first-order chi connectivity index (χ1) is 7.25. The topological polar surface area (TPSA) is 49.8 Å². The Bertz CT molecular complexity index is 340. The van der Waals surface area contributed by atoms with E-state index in [4.69, 9.17) is 22.6 Å². The van der Waals surface area contributed by atoms with Crippen molar-refractivity contribution >= 4 is 29.1 Å². The zero-order chi connectivity index (χ0) is 11.1. The number of hydrogen-bond acceptors (Lipinski definition) is 3. The molecule has 2 N–H and O–H groups in total. The molecule has 4 heteroatoms. The predicted octanol–water partition coefficient (Wildman–Crippen LogP) is 3.71. The second-order valence-corrected chi connectivity index (χ2v) is 4.63. The SMILES string of the molecule is N#CCCCCSc1c(N)cccc1Cl. The number of halogens is 1. The molecule has 15 heavy (non-hydrogen) atoms. The minimum atomic E-state index is 0.624. The van der Waals surface area contributed by atoms with Gasteiger partial charge in [0.15, 0.2) is 0 Å². The fourth-order valence-corrected chi connectivity index (χ4v) is 2.50. The molecule has 0 fully saturated rings. The van der Waals surface area contributed by atoms with Crippen molar-refractivity contribution in [2.75, 3.05) is 11.5 Å². The van der Waals surface area contributed by atoms with Crippen molar-refractivity contribution in [2.45, 2.75) is 24.2 Å². The van der Waals surface area contributed by atoms with Crippen LogP contribution in [0.2, 0.25) is 5.02 Å². The molecule has 0 spiro atoms. The van der Waals surface area contributed by atoms with Crippen LogP contribution in [-0.2, 0) is 0 Å². The van der Waals surface area contributed by atoms with E-state index in [9.17, 15) is 0 Å². The lowest BCUT2D eigenvalue weighted by Crippen LogP contribution is -1.90. The van der Waals surface area contributed by atoms with Crippen LogP contribution in [0.1, 0.15) is 19.3 Å². The van der Waals surface area contributed by atoms with Gasteiger partial charge in [-0.3, -0.25) is 0 Å². The van der Waals surface area contributed by atoms with Crippen LogP contribution in [0.4, 0.5) is 5.69 Å². The summed E-state index contributed by atoms with van der Waals surface area (Å²) in [7, 11) is 0. The highest BCUT2D eigenvalue weighted by atomic mass is 35.5. The summed E-state index contributed by atoms with van der Waals surface area (Å²) in [5.41, 5.74) is 6.53. The largest absolute Gasteiger partial charge is 0.398 e. The van der Waals surface area contributed by atoms with Crippen LogP contribution in [0.25, 0.3) is 0 Å². The summed E-state index contributed by atoms with van der Waals surface area (Å²) in [5, 5.41) is 9.08. The third-order valence-corrected chi connectivity index (χ3v) is 3.59. The molecule has 0 atom stereocenters. The number of rotatable bonds is 5.